The van der Waals surface area contributed by atoms with Crippen LogP contribution in [0.3, 0.4) is 0 Å². The highest BCUT2D eigenvalue weighted by atomic mass is 16.6. The van der Waals surface area contributed by atoms with Gasteiger partial charge in [-0.25, -0.2) is 4.79 Å². The molecule has 0 saturated carbocycles. The second kappa shape index (κ2) is 12.3. The first kappa shape index (κ1) is 25.5. The number of hydrogen-bond donors (Lipinski definition) is 2. The van der Waals surface area contributed by atoms with Crippen LogP contribution < -0.4 is 15.5 Å². The maximum absolute atomic E-state index is 12.4. The van der Waals surface area contributed by atoms with Crippen LogP contribution in [-0.2, 0) is 19.1 Å². The molecule has 1 aromatic carbocycles. The van der Waals surface area contributed by atoms with E-state index in [0.29, 0.717) is 25.2 Å². The van der Waals surface area contributed by atoms with Gasteiger partial charge in [0.25, 0.3) is 0 Å². The molecule has 0 aromatic heterocycles. The highest BCUT2D eigenvalue weighted by molar-refractivity contribution is 5.94. The second-order valence-electron chi connectivity index (χ2n) is 8.63. The van der Waals surface area contributed by atoms with Crippen molar-refractivity contribution in [1.29, 1.82) is 0 Å². The number of morpholine rings is 1. The molecule has 0 atom stereocenters. The van der Waals surface area contributed by atoms with Crippen LogP contribution >= 0.6 is 0 Å². The van der Waals surface area contributed by atoms with E-state index in [1.165, 1.54) is 4.90 Å². The van der Waals surface area contributed by atoms with Gasteiger partial charge in [-0.3, -0.25) is 9.59 Å². The summed E-state index contributed by atoms with van der Waals surface area (Å²) in [5.74, 6) is -0.373. The molecule has 2 N–H and O–H groups in total. The van der Waals surface area contributed by atoms with Crippen molar-refractivity contribution in [2.24, 2.45) is 0 Å². The maximum Gasteiger partial charge on any atom is 0.407 e. The minimum Gasteiger partial charge on any atom is -0.444 e. The first-order chi connectivity index (χ1) is 15.2. The second-order valence-corrected chi connectivity index (χ2v) is 8.63. The van der Waals surface area contributed by atoms with E-state index in [9.17, 15) is 14.4 Å². The normalized spacial score (nSPS) is 13.9. The van der Waals surface area contributed by atoms with Gasteiger partial charge >= 0.3 is 6.09 Å². The monoisotopic (exact) mass is 448 g/mol. The standard InChI is InChI=1S/C23H36N4O5/c1-5-26(21(29)7-6-12-24-22(30)32-23(2,3)4)17-20(28)25-18-8-10-19(11-9-18)27-13-15-31-16-14-27/h8-11H,5-7,12-17H2,1-4H3,(H,24,30)(H,25,28). The van der Waals surface area contributed by atoms with Gasteiger partial charge in [-0.05, 0) is 58.4 Å². The molecule has 9 heteroatoms. The summed E-state index contributed by atoms with van der Waals surface area (Å²) in [6.45, 7) is 11.1. The predicted molar refractivity (Wildman–Crippen MR) is 124 cm³/mol. The number of likely N-dealkylation sites (N-methyl/N-ethyl adjacent to an activating group) is 1. The van der Waals surface area contributed by atoms with Crippen molar-refractivity contribution in [2.75, 3.05) is 56.2 Å². The Morgan fingerprint density at radius 3 is 2.38 bits per heavy atom. The van der Waals surface area contributed by atoms with E-state index in [-0.39, 0.29) is 24.8 Å². The number of nitrogens with zero attached hydrogens (tertiary/aromatic N) is 2. The number of ether oxygens (including phenoxy) is 2. The van der Waals surface area contributed by atoms with E-state index in [4.69, 9.17) is 9.47 Å². The van der Waals surface area contributed by atoms with Gasteiger partial charge in [0.15, 0.2) is 0 Å². The fourth-order valence-electron chi connectivity index (χ4n) is 3.23. The van der Waals surface area contributed by atoms with Crippen LogP contribution in [0.15, 0.2) is 24.3 Å². The first-order valence-corrected chi connectivity index (χ1v) is 11.1. The van der Waals surface area contributed by atoms with Crippen molar-refractivity contribution in [3.63, 3.8) is 0 Å². The van der Waals surface area contributed by atoms with Crippen LogP contribution in [-0.4, -0.2) is 74.3 Å². The topological polar surface area (TPSA) is 100 Å². The molecule has 0 spiro atoms. The summed E-state index contributed by atoms with van der Waals surface area (Å²) in [6.07, 6.45) is 0.209. The van der Waals surface area contributed by atoms with Crippen molar-refractivity contribution >= 4 is 29.3 Å². The third-order valence-electron chi connectivity index (χ3n) is 4.83. The first-order valence-electron chi connectivity index (χ1n) is 11.1. The Labute approximate surface area is 190 Å². The van der Waals surface area contributed by atoms with Gasteiger partial charge in [0.05, 0.1) is 19.8 Å². The Morgan fingerprint density at radius 1 is 1.12 bits per heavy atom. The molecule has 32 heavy (non-hydrogen) atoms. The molecular weight excluding hydrogens is 412 g/mol. The Kier molecular flexibility index (Phi) is 9.77. The Hall–Kier alpha value is -2.81. The summed E-state index contributed by atoms with van der Waals surface area (Å²) in [7, 11) is 0. The van der Waals surface area contributed by atoms with Crippen molar-refractivity contribution in [1.82, 2.24) is 10.2 Å². The third kappa shape index (κ3) is 9.13. The fourth-order valence-corrected chi connectivity index (χ4v) is 3.23. The molecule has 0 unspecified atom stereocenters. The molecular formula is C23H36N4O5. The summed E-state index contributed by atoms with van der Waals surface area (Å²) in [5, 5.41) is 5.48. The molecule has 0 bridgehead atoms. The van der Waals surface area contributed by atoms with Crippen LogP contribution in [0.2, 0.25) is 0 Å². The minimum absolute atomic E-state index is 0.0138. The molecule has 3 amide bonds. The Bertz CT molecular complexity index is 755. The SMILES string of the molecule is CCN(CC(=O)Nc1ccc(N2CCOCC2)cc1)C(=O)CCCNC(=O)OC(C)(C)C. The molecule has 178 valence electrons. The van der Waals surface area contributed by atoms with E-state index in [2.05, 4.69) is 15.5 Å². The van der Waals surface area contributed by atoms with Crippen LogP contribution in [0, 0.1) is 0 Å². The molecule has 1 heterocycles. The van der Waals surface area contributed by atoms with E-state index in [1.807, 2.05) is 31.2 Å². The number of benzene rings is 1. The molecule has 1 aromatic rings. The lowest BCUT2D eigenvalue weighted by molar-refractivity contribution is -0.134. The van der Waals surface area contributed by atoms with Crippen LogP contribution in [0.4, 0.5) is 16.2 Å². The number of anilines is 2. The van der Waals surface area contributed by atoms with Crippen molar-refractivity contribution in [3.05, 3.63) is 24.3 Å². The zero-order chi connectivity index (χ0) is 23.6. The zero-order valence-electron chi connectivity index (χ0n) is 19.6. The molecule has 1 saturated heterocycles. The van der Waals surface area contributed by atoms with Gasteiger partial charge in [-0.1, -0.05) is 0 Å². The number of hydrogen-bond acceptors (Lipinski definition) is 6. The third-order valence-corrected chi connectivity index (χ3v) is 4.83. The molecule has 0 aliphatic carbocycles. The summed E-state index contributed by atoms with van der Waals surface area (Å²) in [5.41, 5.74) is 1.23. The quantitative estimate of drug-likeness (QED) is 0.564. The molecule has 1 fully saturated rings. The zero-order valence-corrected chi connectivity index (χ0v) is 19.6. The average molecular weight is 449 g/mol. The number of amides is 3. The van der Waals surface area contributed by atoms with Crippen LogP contribution in [0.5, 0.6) is 0 Å². The number of rotatable bonds is 9. The van der Waals surface area contributed by atoms with Crippen molar-refractivity contribution in [2.45, 2.75) is 46.1 Å². The average Bonchev–Trinajstić information content (AvgIpc) is 2.75. The lowest BCUT2D eigenvalue weighted by atomic mass is 10.2. The lowest BCUT2D eigenvalue weighted by Crippen LogP contribution is -2.38. The lowest BCUT2D eigenvalue weighted by Gasteiger charge is -2.29. The van der Waals surface area contributed by atoms with Gasteiger partial charge in [0.1, 0.15) is 5.60 Å². The van der Waals surface area contributed by atoms with E-state index in [0.717, 1.165) is 32.0 Å². The summed E-state index contributed by atoms with van der Waals surface area (Å²) in [6, 6.07) is 7.68. The molecule has 9 nitrogen and oxygen atoms in total. The van der Waals surface area contributed by atoms with Crippen molar-refractivity contribution in [3.8, 4) is 0 Å². The summed E-state index contributed by atoms with van der Waals surface area (Å²) < 4.78 is 10.5. The molecule has 1 aliphatic heterocycles. The Balaban J connectivity index is 1.73. The highest BCUT2D eigenvalue weighted by Crippen LogP contribution is 2.19. The molecule has 0 radical (unpaired) electrons. The van der Waals surface area contributed by atoms with Gasteiger partial charge in [0.2, 0.25) is 11.8 Å². The van der Waals surface area contributed by atoms with Crippen LogP contribution in [0.25, 0.3) is 0 Å². The molecule has 1 aliphatic rings. The van der Waals surface area contributed by atoms with Crippen LogP contribution in [0.1, 0.15) is 40.5 Å². The Morgan fingerprint density at radius 2 is 1.78 bits per heavy atom. The van der Waals surface area contributed by atoms with E-state index in [1.54, 1.807) is 20.8 Å². The number of nitrogens with one attached hydrogen (secondary N) is 2. The molecule has 2 rings (SSSR count). The van der Waals surface area contributed by atoms with E-state index < -0.39 is 11.7 Å². The smallest absolute Gasteiger partial charge is 0.407 e. The largest absolute Gasteiger partial charge is 0.444 e. The fraction of sp³-hybridized carbons (Fsp3) is 0.609. The minimum atomic E-state index is -0.560. The number of carbonyl (C=O) groups excluding carboxylic acids is 3. The number of alkyl carbamates (subject to hydrolysis) is 1. The highest BCUT2D eigenvalue weighted by Gasteiger charge is 2.18. The predicted octanol–water partition coefficient (Wildman–Crippen LogP) is 2.62. The van der Waals surface area contributed by atoms with E-state index >= 15 is 0 Å². The number of carbonyl (C=O) groups is 3. The van der Waals surface area contributed by atoms with Gasteiger partial charge in [-0.2, -0.15) is 0 Å². The van der Waals surface area contributed by atoms with Gasteiger partial charge in [0, 0.05) is 44.0 Å². The maximum atomic E-state index is 12.4. The van der Waals surface area contributed by atoms with Gasteiger partial charge in [-0.15, -0.1) is 0 Å². The summed E-state index contributed by atoms with van der Waals surface area (Å²) in [4.78, 5) is 40.2. The van der Waals surface area contributed by atoms with Gasteiger partial charge < -0.3 is 29.9 Å². The van der Waals surface area contributed by atoms with Crippen molar-refractivity contribution < 1.29 is 23.9 Å². The summed E-state index contributed by atoms with van der Waals surface area (Å²) >= 11 is 0.